The first-order valence-corrected chi connectivity index (χ1v) is 30.1. The van der Waals surface area contributed by atoms with Crippen molar-refractivity contribution in [1.29, 1.82) is 0 Å². The smallest absolute Gasteiger partial charge is 0.205 e. The molecule has 2 spiro atoms. The molecule has 0 saturated heterocycles. The molecule has 1 aliphatic carbocycles. The van der Waals surface area contributed by atoms with Crippen LogP contribution in [0.25, 0.3) is 22.3 Å². The van der Waals surface area contributed by atoms with Crippen molar-refractivity contribution in [3.8, 4) is 22.3 Å². The van der Waals surface area contributed by atoms with E-state index in [0.29, 0.717) is 11.8 Å². The number of hydrogen-bond acceptors (Lipinski definition) is 6. The molecule has 2 aliphatic heterocycles. The number of nitrogens with zero attached hydrogens (tertiary/aromatic N) is 4. The van der Waals surface area contributed by atoms with Crippen molar-refractivity contribution < 1.29 is 8.83 Å². The zero-order valence-electron chi connectivity index (χ0n) is 47.9. The molecule has 416 valence electrons. The Morgan fingerprint density at radius 3 is 0.795 bits per heavy atom. The first-order valence-electron chi connectivity index (χ1n) is 30.1. The summed E-state index contributed by atoms with van der Waals surface area (Å²) in [7, 11) is 0. The molecule has 0 fully saturated rings. The van der Waals surface area contributed by atoms with Crippen LogP contribution in [0.2, 0.25) is 0 Å². The van der Waals surface area contributed by atoms with Crippen LogP contribution in [0.5, 0.6) is 0 Å². The normalized spacial score (nSPS) is 13.6. The van der Waals surface area contributed by atoms with Crippen molar-refractivity contribution in [2.45, 2.75) is 10.8 Å². The summed E-state index contributed by atoms with van der Waals surface area (Å²) in [5, 5.41) is 0. The Bertz CT molecular complexity index is 4400. The molecule has 4 heterocycles. The molecule has 0 bridgehead atoms. The van der Waals surface area contributed by atoms with Gasteiger partial charge in [-0.1, -0.05) is 231 Å². The SMILES string of the molecule is c1ccc(-c2ccc(N(c3ccccc3)c3cc4c(o3)C3(c5ccccc5N(c5ccccc5)c5ccccc53)c3cc(N(c5ccccc5)c5ccc(-c6ccccc6)cc5)oc3C43c4ccccc4N(c4ccccc4)c4ccccc43)cc2)cc1. The second-order valence-corrected chi connectivity index (χ2v) is 22.7. The third-order valence-corrected chi connectivity index (χ3v) is 18.1. The molecule has 0 saturated carbocycles. The zero-order valence-corrected chi connectivity index (χ0v) is 47.9. The van der Waals surface area contributed by atoms with Gasteiger partial charge >= 0.3 is 0 Å². The lowest BCUT2D eigenvalue weighted by Crippen LogP contribution is -2.48. The predicted molar refractivity (Wildman–Crippen MR) is 358 cm³/mol. The van der Waals surface area contributed by atoms with E-state index in [1.165, 1.54) is 0 Å². The second kappa shape index (κ2) is 20.6. The van der Waals surface area contributed by atoms with Crippen molar-refractivity contribution in [3.63, 3.8) is 0 Å². The molecule has 0 radical (unpaired) electrons. The Morgan fingerprint density at radius 1 is 0.227 bits per heavy atom. The summed E-state index contributed by atoms with van der Waals surface area (Å²) in [4.78, 5) is 9.41. The Balaban J connectivity index is 1.02. The summed E-state index contributed by atoms with van der Waals surface area (Å²) in [6, 6.07) is 122. The molecule has 0 N–H and O–H groups in total. The van der Waals surface area contributed by atoms with E-state index >= 15 is 0 Å². The maximum atomic E-state index is 8.30. The van der Waals surface area contributed by atoms with Crippen LogP contribution >= 0.6 is 0 Å². The van der Waals surface area contributed by atoms with Crippen LogP contribution in [0.15, 0.2) is 349 Å². The van der Waals surface area contributed by atoms with E-state index in [1.807, 2.05) is 0 Å². The summed E-state index contributed by atoms with van der Waals surface area (Å²) in [6.07, 6.45) is 0. The highest BCUT2D eigenvalue weighted by Crippen LogP contribution is 2.70. The van der Waals surface area contributed by atoms with E-state index in [4.69, 9.17) is 8.83 Å². The number of benzene rings is 12. The van der Waals surface area contributed by atoms with E-state index in [-0.39, 0.29) is 0 Å². The molecule has 88 heavy (non-hydrogen) atoms. The van der Waals surface area contributed by atoms with Gasteiger partial charge in [0.05, 0.1) is 22.7 Å². The maximum Gasteiger partial charge on any atom is 0.205 e. The highest BCUT2D eigenvalue weighted by molar-refractivity contribution is 5.96. The van der Waals surface area contributed by atoms with Gasteiger partial charge < -0.3 is 18.6 Å². The standard InChI is InChI=1S/C82H56N4O2/c1-7-27-57(28-8-1)59-47-51-65(52-48-59)83(61-31-11-3-12-32-61)77-55-71-79(87-77)82(69-41-21-25-45-75(69)86(64-37-17-6-18-38-64)76-46-26-22-42-70(76)82)72-56-78(84(62-33-13-4-14-34-62)66-53-49-60(50-54-66)58-29-9-2-10-30-58)88-80(72)81(71)67-39-19-23-43-73(67)85(63-35-15-5-16-36-63)74-44-24-20-40-68(74)81/h1-56H. The largest absolute Gasteiger partial charge is 0.443 e. The molecular weight excluding hydrogens is 1070 g/mol. The first-order chi connectivity index (χ1) is 43.7. The molecule has 12 aromatic carbocycles. The van der Waals surface area contributed by atoms with Crippen molar-refractivity contribution in [3.05, 3.63) is 385 Å². The fraction of sp³-hybridized carbons (Fsp3) is 0.0244. The van der Waals surface area contributed by atoms with Gasteiger partial charge in [-0.25, -0.2) is 0 Å². The summed E-state index contributed by atoms with van der Waals surface area (Å²) in [6.45, 7) is 0. The number of furan rings is 2. The fourth-order valence-electron chi connectivity index (χ4n) is 14.4. The third kappa shape index (κ3) is 7.68. The van der Waals surface area contributed by atoms with Gasteiger partial charge in [0.2, 0.25) is 11.8 Å². The molecular formula is C82H56N4O2. The van der Waals surface area contributed by atoms with Crippen LogP contribution in [0.4, 0.5) is 68.6 Å². The van der Waals surface area contributed by atoms with E-state index in [9.17, 15) is 0 Å². The van der Waals surface area contributed by atoms with Gasteiger partial charge in [0.15, 0.2) is 0 Å². The monoisotopic (exact) mass is 1130 g/mol. The summed E-state index contributed by atoms with van der Waals surface area (Å²) in [5.41, 5.74) is 18.5. The van der Waals surface area contributed by atoms with Crippen molar-refractivity contribution in [2.24, 2.45) is 0 Å². The zero-order chi connectivity index (χ0) is 58.2. The number of anilines is 12. The van der Waals surface area contributed by atoms with Crippen LogP contribution < -0.4 is 19.6 Å². The molecule has 17 rings (SSSR count). The van der Waals surface area contributed by atoms with E-state index < -0.39 is 10.8 Å². The summed E-state index contributed by atoms with van der Waals surface area (Å²) < 4.78 is 16.6. The minimum absolute atomic E-state index is 0.665. The Labute approximate surface area is 512 Å². The minimum atomic E-state index is -1.14. The molecule has 3 aliphatic rings. The average molecular weight is 1130 g/mol. The first kappa shape index (κ1) is 50.9. The highest BCUT2D eigenvalue weighted by atomic mass is 16.4. The van der Waals surface area contributed by atoms with Crippen LogP contribution in [0.1, 0.15) is 44.9 Å². The lowest BCUT2D eigenvalue weighted by Gasteiger charge is -2.51. The molecule has 6 heteroatoms. The lowest BCUT2D eigenvalue weighted by molar-refractivity contribution is 0.398. The molecule has 6 nitrogen and oxygen atoms in total. The molecule has 2 aromatic heterocycles. The molecule has 0 atom stereocenters. The van der Waals surface area contributed by atoms with Gasteiger partial charge in [0.1, 0.15) is 22.4 Å². The number of para-hydroxylation sites is 8. The van der Waals surface area contributed by atoms with Gasteiger partial charge in [0.25, 0.3) is 0 Å². The fourth-order valence-corrected chi connectivity index (χ4v) is 14.4. The van der Waals surface area contributed by atoms with Crippen molar-refractivity contribution in [1.82, 2.24) is 0 Å². The molecule has 0 unspecified atom stereocenters. The van der Waals surface area contributed by atoms with E-state index in [0.717, 1.165) is 124 Å². The topological polar surface area (TPSA) is 39.2 Å². The average Bonchev–Trinajstić information content (AvgIpc) is 1.33. The van der Waals surface area contributed by atoms with Crippen molar-refractivity contribution in [2.75, 3.05) is 19.6 Å². The number of fused-ring (bicyclic) bond motifs is 14. The quantitative estimate of drug-likeness (QED) is 0.136. The summed E-state index contributed by atoms with van der Waals surface area (Å²) in [5.74, 6) is 2.93. The van der Waals surface area contributed by atoms with E-state index in [2.05, 4.69) is 359 Å². The van der Waals surface area contributed by atoms with Crippen LogP contribution in [-0.2, 0) is 10.8 Å². The summed E-state index contributed by atoms with van der Waals surface area (Å²) >= 11 is 0. The van der Waals surface area contributed by atoms with Gasteiger partial charge in [-0.05, 0) is 142 Å². The van der Waals surface area contributed by atoms with Crippen LogP contribution in [0, 0.1) is 0 Å². The van der Waals surface area contributed by atoms with Gasteiger partial charge in [-0.2, -0.15) is 0 Å². The lowest BCUT2D eigenvalue weighted by atomic mass is 9.53. The second-order valence-electron chi connectivity index (χ2n) is 22.7. The Hall–Kier alpha value is -11.6. The third-order valence-electron chi connectivity index (χ3n) is 18.1. The molecule has 14 aromatic rings. The van der Waals surface area contributed by atoms with Gasteiger partial charge in [-0.15, -0.1) is 0 Å². The highest BCUT2D eigenvalue weighted by Gasteiger charge is 2.64. The number of hydrogen-bond donors (Lipinski definition) is 0. The van der Waals surface area contributed by atoms with Gasteiger partial charge in [0, 0.05) is 57.4 Å². The Morgan fingerprint density at radius 2 is 0.477 bits per heavy atom. The minimum Gasteiger partial charge on any atom is -0.443 e. The van der Waals surface area contributed by atoms with Gasteiger partial charge in [-0.3, -0.25) is 9.80 Å². The van der Waals surface area contributed by atoms with Crippen LogP contribution in [-0.4, -0.2) is 0 Å². The maximum absolute atomic E-state index is 8.30. The predicted octanol–water partition coefficient (Wildman–Crippen LogP) is 21.8. The molecule has 0 amide bonds. The Kier molecular flexibility index (Phi) is 11.9. The van der Waals surface area contributed by atoms with Crippen molar-refractivity contribution >= 4 is 68.6 Å². The number of rotatable bonds is 10. The van der Waals surface area contributed by atoms with Crippen LogP contribution in [0.3, 0.4) is 0 Å². The van der Waals surface area contributed by atoms with E-state index in [1.54, 1.807) is 0 Å².